The van der Waals surface area contributed by atoms with E-state index in [0.29, 0.717) is 0 Å². The minimum absolute atomic E-state index is 0.00870. The van der Waals surface area contributed by atoms with Crippen molar-refractivity contribution in [2.45, 2.75) is 65.5 Å². The van der Waals surface area contributed by atoms with Crippen LogP contribution in [0.4, 0.5) is 0 Å². The van der Waals surface area contributed by atoms with E-state index in [0.717, 1.165) is 36.8 Å². The second-order valence-electron chi connectivity index (χ2n) is 6.64. The molecule has 0 fully saturated rings. The first-order chi connectivity index (χ1) is 12.5. The van der Waals surface area contributed by atoms with E-state index < -0.39 is 0 Å². The van der Waals surface area contributed by atoms with Crippen LogP contribution in [0.2, 0.25) is 0 Å². The third-order valence-corrected chi connectivity index (χ3v) is 4.24. The maximum atomic E-state index is 9.61. The molecule has 2 atom stereocenters. The number of rotatable bonds is 7. The zero-order valence-corrected chi connectivity index (χ0v) is 16.4. The first kappa shape index (κ1) is 21.8. The van der Waals surface area contributed by atoms with Crippen LogP contribution >= 0.6 is 0 Å². The number of nitrogens with zero attached hydrogens (tertiary/aromatic N) is 3. The molecule has 0 bridgehead atoms. The summed E-state index contributed by atoms with van der Waals surface area (Å²) in [6.07, 6.45) is 3.53. The summed E-state index contributed by atoms with van der Waals surface area (Å²) in [5.41, 5.74) is 13.0. The van der Waals surface area contributed by atoms with Gasteiger partial charge in [-0.2, -0.15) is 0 Å². The Morgan fingerprint density at radius 3 is 1.73 bits per heavy atom. The molecular weight excluding hydrogens is 322 g/mol. The molecule has 2 aromatic carbocycles. The molecule has 0 saturated carbocycles. The Kier molecular flexibility index (Phi) is 10.1. The van der Waals surface area contributed by atoms with Gasteiger partial charge in [0.15, 0.2) is 0 Å². The fourth-order valence-electron chi connectivity index (χ4n) is 2.64. The maximum Gasteiger partial charge on any atom is 0.0790 e. The van der Waals surface area contributed by atoms with Gasteiger partial charge in [0.25, 0.3) is 0 Å². The van der Waals surface area contributed by atoms with Gasteiger partial charge in [0.05, 0.1) is 12.1 Å². The highest BCUT2D eigenvalue weighted by molar-refractivity contribution is 5.24. The van der Waals surface area contributed by atoms with Crippen LogP contribution in [0.3, 0.4) is 0 Å². The predicted molar refractivity (Wildman–Crippen MR) is 109 cm³/mol. The van der Waals surface area contributed by atoms with Crippen molar-refractivity contribution in [1.29, 1.82) is 0 Å². The summed E-state index contributed by atoms with van der Waals surface area (Å²) in [6.45, 7) is 8.27. The van der Waals surface area contributed by atoms with Crippen molar-refractivity contribution >= 4 is 0 Å². The normalized spacial score (nSPS) is 12.3. The molecule has 0 aliphatic heterocycles. The quantitative estimate of drug-likeness (QED) is 0.326. The van der Waals surface area contributed by atoms with Gasteiger partial charge in [-0.15, -0.1) is 0 Å². The van der Waals surface area contributed by atoms with Crippen LogP contribution in [-0.4, -0.2) is 5.11 Å². The van der Waals surface area contributed by atoms with E-state index in [1.165, 1.54) is 11.1 Å². The lowest BCUT2D eigenvalue weighted by Gasteiger charge is -2.09. The molecule has 0 spiro atoms. The third kappa shape index (κ3) is 7.73. The van der Waals surface area contributed by atoms with Crippen molar-refractivity contribution in [3.05, 3.63) is 81.2 Å². The standard InChI is InChI=1S/C11H15N3.C11H16O/c1-3-4-11(13-14-12)10-7-5-9(2)6-8-10;1-3-4-11(12)10-7-5-9(2)6-8-10/h5-8,11H,3-4H2,1-2H3;5-8,11-12H,3-4H2,1-2H3. The molecule has 0 amide bonds. The summed E-state index contributed by atoms with van der Waals surface area (Å²) >= 11 is 0. The third-order valence-electron chi connectivity index (χ3n) is 4.24. The van der Waals surface area contributed by atoms with Gasteiger partial charge in [0.2, 0.25) is 0 Å². The Labute approximate surface area is 157 Å². The fourth-order valence-corrected chi connectivity index (χ4v) is 2.64. The average molecular weight is 354 g/mol. The molecule has 2 rings (SSSR count). The van der Waals surface area contributed by atoms with Crippen LogP contribution in [0.25, 0.3) is 10.4 Å². The van der Waals surface area contributed by atoms with Gasteiger partial charge < -0.3 is 5.11 Å². The Bertz CT molecular complexity index is 674. The van der Waals surface area contributed by atoms with Crippen LogP contribution in [-0.2, 0) is 0 Å². The van der Waals surface area contributed by atoms with Crippen molar-refractivity contribution in [3.63, 3.8) is 0 Å². The fraction of sp³-hybridized carbons (Fsp3) is 0.455. The number of azide groups is 1. The molecule has 0 radical (unpaired) electrons. The van der Waals surface area contributed by atoms with Gasteiger partial charge in [-0.25, -0.2) is 0 Å². The highest BCUT2D eigenvalue weighted by Gasteiger charge is 2.07. The highest BCUT2D eigenvalue weighted by Crippen LogP contribution is 2.23. The van der Waals surface area contributed by atoms with Gasteiger partial charge in [0, 0.05) is 4.91 Å². The molecule has 0 aliphatic rings. The summed E-state index contributed by atoms with van der Waals surface area (Å²) in [5.74, 6) is 0. The second kappa shape index (κ2) is 12.1. The Balaban J connectivity index is 0.000000263. The van der Waals surface area contributed by atoms with E-state index >= 15 is 0 Å². The summed E-state index contributed by atoms with van der Waals surface area (Å²) < 4.78 is 0. The zero-order chi connectivity index (χ0) is 19.4. The highest BCUT2D eigenvalue weighted by atomic mass is 16.3. The van der Waals surface area contributed by atoms with Gasteiger partial charge in [-0.3, -0.25) is 0 Å². The molecule has 0 aliphatic carbocycles. The summed E-state index contributed by atoms with van der Waals surface area (Å²) in [6, 6.07) is 16.2. The van der Waals surface area contributed by atoms with Crippen LogP contribution in [0.5, 0.6) is 0 Å². The van der Waals surface area contributed by atoms with E-state index in [1.807, 2.05) is 55.5 Å². The number of aliphatic hydroxyl groups is 1. The number of hydrogen-bond donors (Lipinski definition) is 1. The van der Waals surface area contributed by atoms with E-state index in [2.05, 4.69) is 30.8 Å². The number of aliphatic hydroxyl groups excluding tert-OH is 1. The smallest absolute Gasteiger partial charge is 0.0790 e. The van der Waals surface area contributed by atoms with Crippen molar-refractivity contribution in [3.8, 4) is 0 Å². The molecular formula is C22H31N3O. The molecule has 1 N–H and O–H groups in total. The van der Waals surface area contributed by atoms with E-state index in [4.69, 9.17) is 5.53 Å². The Morgan fingerprint density at radius 2 is 1.31 bits per heavy atom. The van der Waals surface area contributed by atoms with Crippen molar-refractivity contribution in [2.75, 3.05) is 0 Å². The van der Waals surface area contributed by atoms with Gasteiger partial charge >= 0.3 is 0 Å². The number of benzene rings is 2. The van der Waals surface area contributed by atoms with Gasteiger partial charge in [0.1, 0.15) is 0 Å². The first-order valence-electron chi connectivity index (χ1n) is 9.37. The van der Waals surface area contributed by atoms with E-state index in [-0.39, 0.29) is 12.1 Å². The minimum atomic E-state index is -0.282. The first-order valence-corrected chi connectivity index (χ1v) is 9.37. The average Bonchev–Trinajstić information content (AvgIpc) is 2.63. The summed E-state index contributed by atoms with van der Waals surface area (Å²) in [7, 11) is 0. The number of aryl methyl sites for hydroxylation is 2. The summed E-state index contributed by atoms with van der Waals surface area (Å²) in [4.78, 5) is 2.88. The van der Waals surface area contributed by atoms with Crippen LogP contribution in [0.15, 0.2) is 53.6 Å². The van der Waals surface area contributed by atoms with Crippen LogP contribution < -0.4 is 0 Å². The van der Waals surface area contributed by atoms with Crippen LogP contribution in [0, 0.1) is 13.8 Å². The molecule has 140 valence electrons. The lowest BCUT2D eigenvalue weighted by Crippen LogP contribution is -1.95. The van der Waals surface area contributed by atoms with Crippen molar-refractivity contribution in [1.82, 2.24) is 0 Å². The summed E-state index contributed by atoms with van der Waals surface area (Å²) in [5, 5.41) is 13.4. The topological polar surface area (TPSA) is 69.0 Å². The minimum Gasteiger partial charge on any atom is -0.388 e. The maximum absolute atomic E-state index is 9.61. The molecule has 2 unspecified atom stereocenters. The zero-order valence-electron chi connectivity index (χ0n) is 16.4. The molecule has 2 aromatic rings. The monoisotopic (exact) mass is 353 g/mol. The van der Waals surface area contributed by atoms with Crippen LogP contribution in [0.1, 0.15) is 73.9 Å². The lowest BCUT2D eigenvalue weighted by molar-refractivity contribution is 0.166. The molecule has 4 heteroatoms. The Morgan fingerprint density at radius 1 is 0.846 bits per heavy atom. The molecule has 0 saturated heterocycles. The molecule has 0 heterocycles. The predicted octanol–water partition coefficient (Wildman–Crippen LogP) is 6.98. The molecule has 0 aromatic heterocycles. The number of hydrogen-bond acceptors (Lipinski definition) is 2. The van der Waals surface area contributed by atoms with E-state index in [1.54, 1.807) is 0 Å². The van der Waals surface area contributed by atoms with Crippen molar-refractivity contribution < 1.29 is 5.11 Å². The largest absolute Gasteiger partial charge is 0.388 e. The second-order valence-corrected chi connectivity index (χ2v) is 6.64. The van der Waals surface area contributed by atoms with E-state index in [9.17, 15) is 5.11 Å². The Hall–Kier alpha value is -2.29. The van der Waals surface area contributed by atoms with Crippen molar-refractivity contribution in [2.24, 2.45) is 5.11 Å². The lowest BCUT2D eigenvalue weighted by atomic mass is 10.0. The SMILES string of the molecule is CCCC(N=[N+]=[N-])c1ccc(C)cc1.CCCC(O)c1ccc(C)cc1. The van der Waals surface area contributed by atoms with Gasteiger partial charge in [-0.05, 0) is 43.3 Å². The molecule has 26 heavy (non-hydrogen) atoms. The molecule has 4 nitrogen and oxygen atoms in total. The van der Waals surface area contributed by atoms with Gasteiger partial charge in [-0.1, -0.05) is 91.5 Å².